The fraction of sp³-hybridized carbons (Fsp3) is 0.333. The van der Waals surface area contributed by atoms with Crippen molar-refractivity contribution in [3.8, 4) is 0 Å². The summed E-state index contributed by atoms with van der Waals surface area (Å²) in [6.07, 6.45) is 0.363. The Balaban J connectivity index is 1.87. The lowest BCUT2D eigenvalue weighted by Crippen LogP contribution is -2.15. The lowest BCUT2D eigenvalue weighted by atomic mass is 10.1. The van der Waals surface area contributed by atoms with Crippen LogP contribution in [0.3, 0.4) is 0 Å². The zero-order valence-corrected chi connectivity index (χ0v) is 14.6. The molecule has 0 aliphatic rings. The lowest BCUT2D eigenvalue weighted by molar-refractivity contribution is 0.154. The number of hydrogen-bond acceptors (Lipinski definition) is 3. The molecule has 0 bridgehead atoms. The van der Waals surface area contributed by atoms with E-state index in [4.69, 9.17) is 11.6 Å². The first-order valence-electron chi connectivity index (χ1n) is 7.34. The minimum absolute atomic E-state index is 0.391. The van der Waals surface area contributed by atoms with Crippen LogP contribution in [-0.2, 0) is 5.75 Å². The summed E-state index contributed by atoms with van der Waals surface area (Å²) in [6.45, 7) is 0.883. The van der Waals surface area contributed by atoms with Crippen molar-refractivity contribution in [1.29, 1.82) is 0 Å². The molecule has 2 nitrogen and oxygen atoms in total. The summed E-state index contributed by atoms with van der Waals surface area (Å²) in [6, 6.07) is 16.1. The van der Waals surface area contributed by atoms with Crippen molar-refractivity contribution in [3.63, 3.8) is 0 Å². The van der Waals surface area contributed by atoms with Crippen LogP contribution in [0.4, 0.5) is 0 Å². The van der Waals surface area contributed by atoms with E-state index in [1.54, 1.807) is 11.8 Å². The highest BCUT2D eigenvalue weighted by Gasteiger charge is 2.08. The molecule has 0 spiro atoms. The van der Waals surface area contributed by atoms with Gasteiger partial charge >= 0.3 is 0 Å². The number of benzene rings is 2. The molecule has 22 heavy (non-hydrogen) atoms. The molecule has 0 saturated carbocycles. The van der Waals surface area contributed by atoms with Gasteiger partial charge in [-0.25, -0.2) is 0 Å². The van der Waals surface area contributed by atoms with Crippen molar-refractivity contribution in [2.75, 3.05) is 20.6 Å². The average molecular weight is 336 g/mol. The van der Waals surface area contributed by atoms with E-state index in [0.717, 1.165) is 29.3 Å². The van der Waals surface area contributed by atoms with Gasteiger partial charge in [-0.3, -0.25) is 0 Å². The predicted molar refractivity (Wildman–Crippen MR) is 95.6 cm³/mol. The summed E-state index contributed by atoms with van der Waals surface area (Å²) in [5, 5.41) is 10.9. The second-order valence-corrected chi connectivity index (χ2v) is 7.08. The van der Waals surface area contributed by atoms with Gasteiger partial charge in [0.05, 0.1) is 6.10 Å². The smallest absolute Gasteiger partial charge is 0.0802 e. The third-order valence-electron chi connectivity index (χ3n) is 3.43. The number of halogens is 1. The minimum atomic E-state index is -0.391. The Labute approximate surface area is 142 Å². The summed E-state index contributed by atoms with van der Waals surface area (Å²) in [7, 11) is 4.03. The molecular weight excluding hydrogens is 314 g/mol. The Morgan fingerprint density at radius 2 is 1.68 bits per heavy atom. The van der Waals surface area contributed by atoms with Gasteiger partial charge in [-0.2, -0.15) is 0 Å². The van der Waals surface area contributed by atoms with Gasteiger partial charge in [0.1, 0.15) is 0 Å². The molecule has 0 aliphatic heterocycles. The molecule has 1 atom stereocenters. The third-order valence-corrected chi connectivity index (χ3v) is 4.77. The third kappa shape index (κ3) is 5.65. The number of thioether (sulfide) groups is 1. The molecule has 0 saturated heterocycles. The van der Waals surface area contributed by atoms with Gasteiger partial charge in [-0.05, 0) is 55.9 Å². The maximum Gasteiger partial charge on any atom is 0.0802 e. The molecule has 0 aromatic heterocycles. The fourth-order valence-corrected chi connectivity index (χ4v) is 3.06. The SMILES string of the molecule is CN(C)CCC(O)c1ccc(SCc2ccc(Cl)cc2)cc1. The van der Waals surface area contributed by atoms with Crippen LogP contribution < -0.4 is 0 Å². The van der Waals surface area contributed by atoms with E-state index in [1.165, 1.54) is 10.5 Å². The number of aliphatic hydroxyl groups excluding tert-OH is 1. The van der Waals surface area contributed by atoms with Crippen molar-refractivity contribution in [1.82, 2.24) is 4.90 Å². The minimum Gasteiger partial charge on any atom is -0.388 e. The first-order valence-corrected chi connectivity index (χ1v) is 8.71. The molecule has 2 aromatic carbocycles. The Bertz CT molecular complexity index is 569. The Kier molecular flexibility index (Phi) is 6.77. The monoisotopic (exact) mass is 335 g/mol. The molecule has 0 aliphatic carbocycles. The highest BCUT2D eigenvalue weighted by Crippen LogP contribution is 2.26. The molecule has 1 N–H and O–H groups in total. The van der Waals surface area contributed by atoms with E-state index < -0.39 is 6.10 Å². The maximum atomic E-state index is 10.1. The fourth-order valence-electron chi connectivity index (χ4n) is 2.08. The Morgan fingerprint density at radius 1 is 1.05 bits per heavy atom. The largest absolute Gasteiger partial charge is 0.388 e. The van der Waals surface area contributed by atoms with Gasteiger partial charge in [0.15, 0.2) is 0 Å². The summed E-state index contributed by atoms with van der Waals surface area (Å²) in [4.78, 5) is 3.29. The second kappa shape index (κ2) is 8.59. The Morgan fingerprint density at radius 3 is 2.27 bits per heavy atom. The molecule has 0 fully saturated rings. The summed E-state index contributed by atoms with van der Waals surface area (Å²) in [5.74, 6) is 0.916. The molecule has 0 heterocycles. The van der Waals surface area contributed by atoms with E-state index in [-0.39, 0.29) is 0 Å². The van der Waals surface area contributed by atoms with Crippen LogP contribution in [0.5, 0.6) is 0 Å². The molecule has 118 valence electrons. The van der Waals surface area contributed by atoms with Crippen LogP contribution in [0.15, 0.2) is 53.4 Å². The molecule has 0 radical (unpaired) electrons. The number of nitrogens with zero attached hydrogens (tertiary/aromatic N) is 1. The molecule has 2 rings (SSSR count). The highest BCUT2D eigenvalue weighted by molar-refractivity contribution is 7.98. The molecule has 0 amide bonds. The van der Waals surface area contributed by atoms with Gasteiger partial charge in [0, 0.05) is 22.2 Å². The van der Waals surface area contributed by atoms with E-state index in [1.807, 2.05) is 38.4 Å². The van der Waals surface area contributed by atoms with Crippen molar-refractivity contribution < 1.29 is 5.11 Å². The van der Waals surface area contributed by atoms with E-state index in [9.17, 15) is 5.11 Å². The van der Waals surface area contributed by atoms with Crippen molar-refractivity contribution in [3.05, 3.63) is 64.7 Å². The zero-order chi connectivity index (χ0) is 15.9. The summed E-state index contributed by atoms with van der Waals surface area (Å²) < 4.78 is 0. The van der Waals surface area contributed by atoms with E-state index >= 15 is 0 Å². The van der Waals surface area contributed by atoms with Crippen LogP contribution in [0.25, 0.3) is 0 Å². The van der Waals surface area contributed by atoms with Gasteiger partial charge in [-0.1, -0.05) is 35.9 Å². The first-order chi connectivity index (χ1) is 10.5. The van der Waals surface area contributed by atoms with Crippen molar-refractivity contribution in [2.24, 2.45) is 0 Å². The van der Waals surface area contributed by atoms with Gasteiger partial charge in [-0.15, -0.1) is 11.8 Å². The number of hydrogen-bond donors (Lipinski definition) is 1. The van der Waals surface area contributed by atoms with Crippen LogP contribution in [0, 0.1) is 0 Å². The highest BCUT2D eigenvalue weighted by atomic mass is 35.5. The molecular formula is C18H22ClNOS. The normalized spacial score (nSPS) is 12.6. The van der Waals surface area contributed by atoms with Crippen LogP contribution >= 0.6 is 23.4 Å². The first kappa shape index (κ1) is 17.4. The Hall–Kier alpha value is -1.00. The van der Waals surface area contributed by atoms with Crippen LogP contribution in [-0.4, -0.2) is 30.6 Å². The van der Waals surface area contributed by atoms with Crippen molar-refractivity contribution >= 4 is 23.4 Å². The number of aliphatic hydroxyl groups is 1. The summed E-state index contributed by atoms with van der Waals surface area (Å²) >= 11 is 7.67. The lowest BCUT2D eigenvalue weighted by Gasteiger charge is -2.15. The van der Waals surface area contributed by atoms with Crippen molar-refractivity contribution in [2.45, 2.75) is 23.2 Å². The second-order valence-electron chi connectivity index (χ2n) is 5.59. The van der Waals surface area contributed by atoms with Gasteiger partial charge < -0.3 is 10.0 Å². The van der Waals surface area contributed by atoms with E-state index in [0.29, 0.717) is 0 Å². The standard InChI is InChI=1S/C18H22ClNOS/c1-20(2)12-11-18(21)15-5-9-17(10-6-15)22-13-14-3-7-16(19)8-4-14/h3-10,18,21H,11-13H2,1-2H3. The quantitative estimate of drug-likeness (QED) is 0.747. The number of rotatable bonds is 7. The predicted octanol–water partition coefficient (Wildman–Crippen LogP) is 4.62. The molecule has 4 heteroatoms. The van der Waals surface area contributed by atoms with Gasteiger partial charge in [0.2, 0.25) is 0 Å². The topological polar surface area (TPSA) is 23.5 Å². The average Bonchev–Trinajstić information content (AvgIpc) is 2.52. The van der Waals surface area contributed by atoms with Crippen LogP contribution in [0.2, 0.25) is 5.02 Å². The maximum absolute atomic E-state index is 10.1. The molecule has 1 unspecified atom stereocenters. The summed E-state index contributed by atoms with van der Waals surface area (Å²) in [5.41, 5.74) is 2.24. The van der Waals surface area contributed by atoms with Crippen LogP contribution in [0.1, 0.15) is 23.7 Å². The molecule has 2 aromatic rings. The van der Waals surface area contributed by atoms with Gasteiger partial charge in [0.25, 0.3) is 0 Å². The van der Waals surface area contributed by atoms with E-state index in [2.05, 4.69) is 29.2 Å². The zero-order valence-electron chi connectivity index (χ0n) is 13.0.